The summed E-state index contributed by atoms with van der Waals surface area (Å²) >= 11 is -0.0991. The van der Waals surface area contributed by atoms with Crippen molar-refractivity contribution in [1.29, 1.82) is 0 Å². The van der Waals surface area contributed by atoms with Crippen molar-refractivity contribution in [2.75, 3.05) is 11.7 Å². The highest BCUT2D eigenvalue weighted by Gasteiger charge is 2.95. The zero-order valence-corrected chi connectivity index (χ0v) is 18.6. The standard InChI is InChI=1S/C16H13F17O4S/c17-9(18,4-5-38-6-37-8(36)3-1-2-7(34)35)10(19,20)11(21,22)12(23,24)13(25,26)14(27,28)15(29,30)16(31,32)33/h1-6H2,(H,34,35). The average molecular weight is 624 g/mol. The van der Waals surface area contributed by atoms with E-state index in [1.807, 2.05) is 0 Å². The quantitative estimate of drug-likeness (QED) is 0.0933. The molecule has 0 aromatic heterocycles. The largest absolute Gasteiger partial charge is 0.481 e. The smallest absolute Gasteiger partial charge is 0.460 e. The van der Waals surface area contributed by atoms with E-state index >= 15 is 0 Å². The molecule has 38 heavy (non-hydrogen) atoms. The van der Waals surface area contributed by atoms with E-state index in [-0.39, 0.29) is 18.2 Å². The van der Waals surface area contributed by atoms with Crippen molar-refractivity contribution in [3.8, 4) is 0 Å². The summed E-state index contributed by atoms with van der Waals surface area (Å²) in [5.41, 5.74) is 0. The summed E-state index contributed by atoms with van der Waals surface area (Å²) in [5.74, 6) is -61.7. The van der Waals surface area contributed by atoms with Gasteiger partial charge in [-0.2, -0.15) is 74.6 Å². The Morgan fingerprint density at radius 3 is 1.39 bits per heavy atom. The van der Waals surface area contributed by atoms with E-state index in [4.69, 9.17) is 5.11 Å². The molecule has 0 heterocycles. The molecule has 0 saturated heterocycles. The van der Waals surface area contributed by atoms with Crippen LogP contribution in [0, 0.1) is 0 Å². The zero-order chi connectivity index (χ0) is 30.8. The van der Waals surface area contributed by atoms with Crippen LogP contribution in [0.5, 0.6) is 0 Å². The highest BCUT2D eigenvalue weighted by Crippen LogP contribution is 2.64. The number of ether oxygens (including phenoxy) is 1. The van der Waals surface area contributed by atoms with Crippen molar-refractivity contribution in [3.05, 3.63) is 0 Å². The molecule has 0 atom stereocenters. The number of alkyl halides is 17. The Hall–Kier alpha value is -1.90. The monoisotopic (exact) mass is 624 g/mol. The molecule has 0 aromatic carbocycles. The van der Waals surface area contributed by atoms with Crippen LogP contribution in [-0.2, 0) is 14.3 Å². The molecule has 0 fully saturated rings. The molecular formula is C16H13F17O4S. The Morgan fingerprint density at radius 1 is 0.605 bits per heavy atom. The second kappa shape index (κ2) is 11.3. The third-order valence-electron chi connectivity index (χ3n) is 4.42. The van der Waals surface area contributed by atoms with Crippen LogP contribution < -0.4 is 0 Å². The number of thioether (sulfide) groups is 1. The predicted octanol–water partition coefficient (Wildman–Crippen LogP) is 6.87. The van der Waals surface area contributed by atoms with Crippen LogP contribution in [0.4, 0.5) is 74.6 Å². The minimum atomic E-state index is -8.67. The van der Waals surface area contributed by atoms with Crippen LogP contribution >= 0.6 is 11.8 Å². The number of carboxylic acids is 1. The molecule has 0 aliphatic heterocycles. The number of carbonyl (C=O) groups is 2. The van der Waals surface area contributed by atoms with E-state index in [0.29, 0.717) is 0 Å². The van der Waals surface area contributed by atoms with E-state index in [1.165, 1.54) is 0 Å². The summed E-state index contributed by atoms with van der Waals surface area (Å²) in [6, 6.07) is 0. The van der Waals surface area contributed by atoms with Crippen LogP contribution in [0.15, 0.2) is 0 Å². The Labute approximate surface area is 203 Å². The maximum Gasteiger partial charge on any atom is 0.460 e. The summed E-state index contributed by atoms with van der Waals surface area (Å²) < 4.78 is 227. The summed E-state index contributed by atoms with van der Waals surface area (Å²) in [5, 5.41) is 8.33. The van der Waals surface area contributed by atoms with Crippen molar-refractivity contribution < 1.29 is 94.1 Å². The maximum absolute atomic E-state index is 13.7. The van der Waals surface area contributed by atoms with Crippen LogP contribution in [-0.4, -0.2) is 76.4 Å². The molecule has 0 aliphatic carbocycles. The number of rotatable bonds is 15. The number of carboxylic acid groups (broad SMARTS) is 1. The molecule has 4 nitrogen and oxygen atoms in total. The van der Waals surface area contributed by atoms with Crippen LogP contribution in [0.3, 0.4) is 0 Å². The Bertz CT molecular complexity index is 840. The molecule has 0 amide bonds. The average Bonchev–Trinajstić information content (AvgIpc) is 2.71. The number of hydrogen-bond donors (Lipinski definition) is 1. The molecule has 0 unspecified atom stereocenters. The van der Waals surface area contributed by atoms with Gasteiger partial charge < -0.3 is 9.84 Å². The van der Waals surface area contributed by atoms with Crippen LogP contribution in [0.25, 0.3) is 0 Å². The van der Waals surface area contributed by atoms with E-state index in [1.54, 1.807) is 0 Å². The van der Waals surface area contributed by atoms with Crippen LogP contribution in [0.1, 0.15) is 25.7 Å². The maximum atomic E-state index is 13.7. The summed E-state index contributed by atoms with van der Waals surface area (Å²) in [7, 11) is 0. The Balaban J connectivity index is 5.69. The second-order valence-electron chi connectivity index (χ2n) is 7.19. The molecule has 1 N–H and O–H groups in total. The van der Waals surface area contributed by atoms with Crippen molar-refractivity contribution in [2.24, 2.45) is 0 Å². The lowest BCUT2D eigenvalue weighted by molar-refractivity contribution is -0.461. The van der Waals surface area contributed by atoms with Crippen molar-refractivity contribution in [2.45, 2.75) is 73.3 Å². The number of carbonyl (C=O) groups excluding carboxylic acids is 1. The Morgan fingerprint density at radius 2 is 1.00 bits per heavy atom. The summed E-state index contributed by atoms with van der Waals surface area (Å²) in [4.78, 5) is 21.4. The summed E-state index contributed by atoms with van der Waals surface area (Å²) in [6.07, 6.45) is -11.8. The first-order valence-electron chi connectivity index (χ1n) is 9.23. The SMILES string of the molecule is O=C(O)CCCC(=O)OCSCCC(F)(F)C(F)(F)C(F)(F)C(F)(F)C(F)(F)C(F)(F)C(F)(F)C(F)(F)F. The van der Waals surface area contributed by atoms with Gasteiger partial charge in [0.05, 0.1) is 0 Å². The first-order chi connectivity index (χ1) is 16.6. The minimum Gasteiger partial charge on any atom is -0.481 e. The van der Waals surface area contributed by atoms with Crippen molar-refractivity contribution >= 4 is 23.7 Å². The van der Waals surface area contributed by atoms with Gasteiger partial charge in [-0.3, -0.25) is 9.59 Å². The van der Waals surface area contributed by atoms with Crippen molar-refractivity contribution in [1.82, 2.24) is 0 Å². The molecule has 0 aromatic rings. The van der Waals surface area contributed by atoms with E-state index < -0.39 is 90.5 Å². The number of esters is 1. The summed E-state index contributed by atoms with van der Waals surface area (Å²) in [6.45, 7) is 0. The molecule has 0 saturated carbocycles. The minimum absolute atomic E-state index is 0.0991. The predicted molar refractivity (Wildman–Crippen MR) is 90.2 cm³/mol. The third kappa shape index (κ3) is 6.45. The molecule has 22 heteroatoms. The number of hydrogen-bond acceptors (Lipinski definition) is 4. The fraction of sp³-hybridized carbons (Fsp3) is 0.875. The van der Waals surface area contributed by atoms with Crippen molar-refractivity contribution in [3.63, 3.8) is 0 Å². The highest BCUT2D eigenvalue weighted by molar-refractivity contribution is 7.99. The zero-order valence-electron chi connectivity index (χ0n) is 17.7. The fourth-order valence-corrected chi connectivity index (χ4v) is 2.91. The number of aliphatic carboxylic acids is 1. The first kappa shape index (κ1) is 36.1. The first-order valence-corrected chi connectivity index (χ1v) is 10.4. The van der Waals surface area contributed by atoms with E-state index in [2.05, 4.69) is 4.74 Å². The van der Waals surface area contributed by atoms with Gasteiger partial charge in [-0.15, -0.1) is 11.8 Å². The molecule has 0 radical (unpaired) electrons. The van der Waals surface area contributed by atoms with Gasteiger partial charge >= 0.3 is 59.6 Å². The Kier molecular flexibility index (Phi) is 10.7. The molecule has 226 valence electrons. The van der Waals surface area contributed by atoms with Gasteiger partial charge in [0.25, 0.3) is 0 Å². The van der Waals surface area contributed by atoms with Gasteiger partial charge in [0.1, 0.15) is 5.94 Å². The molecule has 0 bridgehead atoms. The molecule has 0 rings (SSSR count). The second-order valence-corrected chi connectivity index (χ2v) is 8.24. The van der Waals surface area contributed by atoms with E-state index in [9.17, 15) is 84.2 Å². The van der Waals surface area contributed by atoms with Gasteiger partial charge in [-0.1, -0.05) is 0 Å². The topological polar surface area (TPSA) is 63.6 Å². The lowest BCUT2D eigenvalue weighted by atomic mass is 9.88. The third-order valence-corrected chi connectivity index (χ3v) is 5.20. The fourth-order valence-electron chi connectivity index (χ4n) is 2.18. The lowest BCUT2D eigenvalue weighted by Gasteiger charge is -2.42. The number of halogens is 17. The van der Waals surface area contributed by atoms with Crippen LogP contribution in [0.2, 0.25) is 0 Å². The van der Waals surface area contributed by atoms with Gasteiger partial charge in [0, 0.05) is 25.0 Å². The lowest BCUT2D eigenvalue weighted by Crippen LogP contribution is -2.74. The highest BCUT2D eigenvalue weighted by atomic mass is 32.2. The van der Waals surface area contributed by atoms with Gasteiger partial charge in [0.2, 0.25) is 0 Å². The normalized spacial score (nSPS) is 15.0. The molecule has 0 spiro atoms. The van der Waals surface area contributed by atoms with E-state index in [0.717, 1.165) is 0 Å². The van der Waals surface area contributed by atoms with Gasteiger partial charge in [-0.05, 0) is 6.42 Å². The van der Waals surface area contributed by atoms with Gasteiger partial charge in [0.15, 0.2) is 0 Å². The molecular weight excluding hydrogens is 611 g/mol. The van der Waals surface area contributed by atoms with Gasteiger partial charge in [-0.25, -0.2) is 0 Å². The molecule has 0 aliphatic rings.